The second-order valence-corrected chi connectivity index (χ2v) is 4.64. The highest BCUT2D eigenvalue weighted by atomic mass is 19.4. The topological polar surface area (TPSA) is 51.8 Å². The highest BCUT2D eigenvalue weighted by Gasteiger charge is 2.30. The van der Waals surface area contributed by atoms with Gasteiger partial charge in [0.15, 0.2) is 0 Å². The fourth-order valence-corrected chi connectivity index (χ4v) is 1.90. The van der Waals surface area contributed by atoms with Gasteiger partial charge in [-0.2, -0.15) is 13.2 Å². The van der Waals surface area contributed by atoms with E-state index in [1.54, 1.807) is 6.92 Å². The molecule has 3 nitrogen and oxygen atoms in total. The molecule has 1 atom stereocenters. The summed E-state index contributed by atoms with van der Waals surface area (Å²) in [6, 6.07) is 3.40. The number of aryl methyl sites for hydroxylation is 1. The lowest BCUT2D eigenvalue weighted by molar-refractivity contribution is -0.137. The molecular formula is C13H14F3N3. The van der Waals surface area contributed by atoms with Crippen molar-refractivity contribution in [2.75, 3.05) is 0 Å². The van der Waals surface area contributed by atoms with Crippen molar-refractivity contribution in [1.82, 2.24) is 9.97 Å². The molecule has 2 aromatic rings. The first-order chi connectivity index (χ1) is 8.77. The Balaban J connectivity index is 2.54. The van der Waals surface area contributed by atoms with Gasteiger partial charge in [-0.15, -0.1) is 0 Å². The monoisotopic (exact) mass is 269 g/mol. The largest absolute Gasteiger partial charge is 0.416 e. The van der Waals surface area contributed by atoms with Crippen LogP contribution in [0.5, 0.6) is 0 Å². The summed E-state index contributed by atoms with van der Waals surface area (Å²) in [4.78, 5) is 8.45. The molecule has 0 aliphatic rings. The summed E-state index contributed by atoms with van der Waals surface area (Å²) >= 11 is 0. The van der Waals surface area contributed by atoms with Crippen molar-refractivity contribution in [3.8, 4) is 0 Å². The average Bonchev–Trinajstić information content (AvgIpc) is 2.26. The Morgan fingerprint density at radius 2 is 1.95 bits per heavy atom. The fraction of sp³-hybridized carbons (Fsp3) is 0.385. The number of nitrogens with zero attached hydrogens (tertiary/aromatic N) is 2. The summed E-state index contributed by atoms with van der Waals surface area (Å²) in [5.41, 5.74) is 6.03. The van der Waals surface area contributed by atoms with Gasteiger partial charge in [-0.1, -0.05) is 0 Å². The third-order valence-corrected chi connectivity index (χ3v) is 2.76. The smallest absolute Gasteiger partial charge is 0.328 e. The molecule has 0 saturated carbocycles. The molecule has 1 unspecified atom stereocenters. The molecule has 2 rings (SSSR count). The van der Waals surface area contributed by atoms with Gasteiger partial charge in [0.25, 0.3) is 0 Å². The number of nitrogens with two attached hydrogens (primary N) is 1. The van der Waals surface area contributed by atoms with Gasteiger partial charge in [0, 0.05) is 23.5 Å². The summed E-state index contributed by atoms with van der Waals surface area (Å²) in [5, 5.41) is 0.420. The van der Waals surface area contributed by atoms with E-state index in [0.29, 0.717) is 28.8 Å². The summed E-state index contributed by atoms with van der Waals surface area (Å²) in [6.07, 6.45) is -3.86. The van der Waals surface area contributed by atoms with E-state index in [-0.39, 0.29) is 6.04 Å². The maximum Gasteiger partial charge on any atom is 0.416 e. The van der Waals surface area contributed by atoms with E-state index in [1.807, 2.05) is 6.92 Å². The Kier molecular flexibility index (Phi) is 3.45. The molecule has 0 aliphatic carbocycles. The molecule has 1 aromatic heterocycles. The minimum atomic E-state index is -4.36. The lowest BCUT2D eigenvalue weighted by Gasteiger charge is -2.10. The second kappa shape index (κ2) is 4.77. The maximum absolute atomic E-state index is 12.6. The first-order valence-electron chi connectivity index (χ1n) is 5.87. The number of hydrogen-bond donors (Lipinski definition) is 1. The van der Waals surface area contributed by atoms with Crippen molar-refractivity contribution >= 4 is 10.9 Å². The molecule has 102 valence electrons. The minimum Gasteiger partial charge on any atom is -0.328 e. The van der Waals surface area contributed by atoms with E-state index in [4.69, 9.17) is 5.73 Å². The van der Waals surface area contributed by atoms with E-state index in [9.17, 15) is 13.2 Å². The average molecular weight is 269 g/mol. The zero-order chi connectivity index (χ0) is 14.2. The van der Waals surface area contributed by atoms with Crippen LogP contribution >= 0.6 is 0 Å². The van der Waals surface area contributed by atoms with Gasteiger partial charge in [0.2, 0.25) is 0 Å². The lowest BCUT2D eigenvalue weighted by Crippen LogP contribution is -2.19. The van der Waals surface area contributed by atoms with Crippen molar-refractivity contribution in [3.63, 3.8) is 0 Å². The van der Waals surface area contributed by atoms with Crippen LogP contribution in [0, 0.1) is 6.92 Å². The number of rotatable bonds is 2. The zero-order valence-corrected chi connectivity index (χ0v) is 10.6. The number of alkyl halides is 3. The Morgan fingerprint density at radius 3 is 2.53 bits per heavy atom. The Hall–Kier alpha value is -1.69. The van der Waals surface area contributed by atoms with E-state index in [2.05, 4.69) is 9.97 Å². The highest BCUT2D eigenvalue weighted by Crippen LogP contribution is 2.31. The zero-order valence-electron chi connectivity index (χ0n) is 10.6. The van der Waals surface area contributed by atoms with Gasteiger partial charge in [0.1, 0.15) is 5.82 Å². The first kappa shape index (κ1) is 13.7. The molecule has 0 aliphatic heterocycles. The van der Waals surface area contributed by atoms with Crippen LogP contribution in [0.2, 0.25) is 0 Å². The van der Waals surface area contributed by atoms with Crippen LogP contribution < -0.4 is 5.73 Å². The number of fused-ring (bicyclic) bond motifs is 1. The van der Waals surface area contributed by atoms with Crippen LogP contribution in [-0.4, -0.2) is 16.0 Å². The van der Waals surface area contributed by atoms with Crippen LogP contribution in [0.1, 0.15) is 24.0 Å². The lowest BCUT2D eigenvalue weighted by atomic mass is 10.1. The molecule has 19 heavy (non-hydrogen) atoms. The van der Waals surface area contributed by atoms with Crippen molar-refractivity contribution in [2.45, 2.75) is 32.5 Å². The van der Waals surface area contributed by atoms with Crippen LogP contribution in [0.4, 0.5) is 13.2 Å². The molecule has 0 radical (unpaired) electrons. The van der Waals surface area contributed by atoms with Gasteiger partial charge in [-0.25, -0.2) is 9.97 Å². The molecule has 0 saturated heterocycles. The molecule has 0 bridgehead atoms. The number of benzene rings is 1. The SMILES string of the molecule is Cc1nc(CC(C)N)nc2ccc(C(F)(F)F)cc12. The van der Waals surface area contributed by atoms with Crippen molar-refractivity contribution < 1.29 is 13.2 Å². The predicted octanol–water partition coefficient (Wildman–Crippen LogP) is 2.85. The van der Waals surface area contributed by atoms with E-state index in [0.717, 1.165) is 12.1 Å². The van der Waals surface area contributed by atoms with Crippen molar-refractivity contribution in [2.24, 2.45) is 5.73 Å². The highest BCUT2D eigenvalue weighted by molar-refractivity contribution is 5.81. The fourth-order valence-electron chi connectivity index (χ4n) is 1.90. The van der Waals surface area contributed by atoms with Crippen molar-refractivity contribution in [3.05, 3.63) is 35.3 Å². The Labute approximate surface area is 108 Å². The molecule has 0 amide bonds. The summed E-state index contributed by atoms with van der Waals surface area (Å²) < 4.78 is 37.9. The van der Waals surface area contributed by atoms with Gasteiger partial charge >= 0.3 is 6.18 Å². The van der Waals surface area contributed by atoms with Gasteiger partial charge in [-0.05, 0) is 32.0 Å². The molecule has 0 spiro atoms. The van der Waals surface area contributed by atoms with E-state index < -0.39 is 11.7 Å². The summed E-state index contributed by atoms with van der Waals surface area (Å²) in [7, 11) is 0. The standard InChI is InChI=1S/C13H14F3N3/c1-7(17)5-12-18-8(2)10-6-9(13(14,15)16)3-4-11(10)19-12/h3-4,6-7H,5,17H2,1-2H3. The van der Waals surface area contributed by atoms with Crippen LogP contribution in [0.25, 0.3) is 10.9 Å². The van der Waals surface area contributed by atoms with E-state index >= 15 is 0 Å². The predicted molar refractivity (Wildman–Crippen MR) is 66.6 cm³/mol. The quantitative estimate of drug-likeness (QED) is 0.912. The molecule has 6 heteroatoms. The van der Waals surface area contributed by atoms with Gasteiger partial charge in [0.05, 0.1) is 11.1 Å². The molecule has 1 heterocycles. The molecular weight excluding hydrogens is 255 g/mol. The number of hydrogen-bond acceptors (Lipinski definition) is 3. The molecule has 1 aromatic carbocycles. The van der Waals surface area contributed by atoms with Crippen LogP contribution in [0.3, 0.4) is 0 Å². The Morgan fingerprint density at radius 1 is 1.26 bits per heavy atom. The minimum absolute atomic E-state index is 0.0914. The van der Waals surface area contributed by atoms with Crippen LogP contribution in [0.15, 0.2) is 18.2 Å². The third kappa shape index (κ3) is 3.01. The summed E-state index contributed by atoms with van der Waals surface area (Å²) in [5.74, 6) is 0.555. The second-order valence-electron chi connectivity index (χ2n) is 4.64. The summed E-state index contributed by atoms with van der Waals surface area (Å²) in [6.45, 7) is 3.50. The number of halogens is 3. The van der Waals surface area contributed by atoms with Gasteiger partial charge < -0.3 is 5.73 Å². The van der Waals surface area contributed by atoms with Crippen LogP contribution in [-0.2, 0) is 12.6 Å². The maximum atomic E-state index is 12.6. The molecule has 2 N–H and O–H groups in total. The number of aromatic nitrogens is 2. The molecule has 0 fully saturated rings. The first-order valence-corrected chi connectivity index (χ1v) is 5.87. The Bertz CT molecular complexity index is 606. The van der Waals surface area contributed by atoms with Crippen molar-refractivity contribution in [1.29, 1.82) is 0 Å². The normalized spacial score (nSPS) is 13.8. The van der Waals surface area contributed by atoms with Gasteiger partial charge in [-0.3, -0.25) is 0 Å². The third-order valence-electron chi connectivity index (χ3n) is 2.76. The van der Waals surface area contributed by atoms with E-state index in [1.165, 1.54) is 6.07 Å².